The molecule has 0 bridgehead atoms. The van der Waals surface area contributed by atoms with E-state index in [-0.39, 0.29) is 11.4 Å². The Labute approximate surface area is 145 Å². The van der Waals surface area contributed by atoms with Crippen molar-refractivity contribution in [1.82, 2.24) is 14.6 Å². The van der Waals surface area contributed by atoms with E-state index < -0.39 is 0 Å². The average molecular weight is 353 g/mol. The van der Waals surface area contributed by atoms with Gasteiger partial charge >= 0.3 is 0 Å². The maximum Gasteiger partial charge on any atom is 0.291 e. The van der Waals surface area contributed by atoms with Crippen molar-refractivity contribution < 1.29 is 9.13 Å². The van der Waals surface area contributed by atoms with Crippen molar-refractivity contribution in [1.29, 1.82) is 0 Å². The molecule has 4 rings (SSSR count). The predicted molar refractivity (Wildman–Crippen MR) is 94.3 cm³/mol. The Balaban J connectivity index is 1.86. The lowest BCUT2D eigenvalue weighted by Gasteiger charge is -2.03. The molecule has 0 fully saturated rings. The molecule has 0 aliphatic rings. The minimum absolute atomic E-state index is 0.322. The van der Waals surface area contributed by atoms with Crippen molar-refractivity contribution in [2.75, 3.05) is 7.11 Å². The quantitative estimate of drug-likeness (QED) is 0.568. The van der Waals surface area contributed by atoms with E-state index in [4.69, 9.17) is 4.74 Å². The number of aromatic nitrogens is 3. The first-order valence-electron chi connectivity index (χ1n) is 7.46. The van der Waals surface area contributed by atoms with E-state index in [2.05, 4.69) is 10.1 Å². The zero-order valence-corrected chi connectivity index (χ0v) is 14.0. The van der Waals surface area contributed by atoms with E-state index in [9.17, 15) is 9.18 Å². The fraction of sp³-hybridized carbons (Fsp3) is 0.0556. The van der Waals surface area contributed by atoms with Crippen LogP contribution in [0.4, 0.5) is 4.39 Å². The second kappa shape index (κ2) is 6.10. The minimum atomic E-state index is -0.379. The fourth-order valence-corrected chi connectivity index (χ4v) is 3.41. The Bertz CT molecular complexity index is 1180. The van der Waals surface area contributed by atoms with Gasteiger partial charge in [0.25, 0.3) is 5.56 Å². The van der Waals surface area contributed by atoms with E-state index in [1.807, 2.05) is 18.2 Å². The Morgan fingerprint density at radius 2 is 1.92 bits per heavy atom. The van der Waals surface area contributed by atoms with Crippen LogP contribution in [-0.2, 0) is 0 Å². The zero-order chi connectivity index (χ0) is 17.4. The zero-order valence-electron chi connectivity index (χ0n) is 13.1. The molecular weight excluding hydrogens is 341 g/mol. The van der Waals surface area contributed by atoms with Crippen molar-refractivity contribution in [3.05, 3.63) is 74.8 Å². The normalized spacial score (nSPS) is 12.0. The summed E-state index contributed by atoms with van der Waals surface area (Å²) in [6.07, 6.45) is 1.52. The van der Waals surface area contributed by atoms with Gasteiger partial charge in [-0.3, -0.25) is 4.79 Å². The van der Waals surface area contributed by atoms with Crippen LogP contribution in [0, 0.1) is 5.82 Å². The molecular formula is C18H12FN3O2S. The molecule has 0 N–H and O–H groups in total. The van der Waals surface area contributed by atoms with Crippen molar-refractivity contribution in [3.63, 3.8) is 0 Å². The van der Waals surface area contributed by atoms with Crippen molar-refractivity contribution >= 4 is 22.4 Å². The van der Waals surface area contributed by atoms with Gasteiger partial charge in [-0.1, -0.05) is 41.7 Å². The predicted octanol–water partition coefficient (Wildman–Crippen LogP) is 2.51. The van der Waals surface area contributed by atoms with Crippen LogP contribution in [0.15, 0.2) is 53.3 Å². The second-order valence-corrected chi connectivity index (χ2v) is 6.28. The van der Waals surface area contributed by atoms with Crippen LogP contribution in [0.2, 0.25) is 0 Å². The van der Waals surface area contributed by atoms with Crippen molar-refractivity contribution in [3.8, 4) is 17.1 Å². The molecule has 0 saturated heterocycles. The molecule has 2 aromatic carbocycles. The van der Waals surface area contributed by atoms with Gasteiger partial charge in [0.1, 0.15) is 11.6 Å². The van der Waals surface area contributed by atoms with Gasteiger partial charge in [0.2, 0.25) is 4.96 Å². The third-order valence-corrected chi connectivity index (χ3v) is 4.68. The van der Waals surface area contributed by atoms with Gasteiger partial charge in [-0.05, 0) is 24.3 Å². The molecule has 7 heteroatoms. The SMILES string of the molecule is COc1ccccc1-c1nc2s/c(=C/c3ccccc3F)c(=O)n2n1. The molecule has 0 amide bonds. The van der Waals surface area contributed by atoms with Gasteiger partial charge in [0.15, 0.2) is 5.82 Å². The van der Waals surface area contributed by atoms with Crippen LogP contribution in [0.25, 0.3) is 22.4 Å². The number of hydrogen-bond donors (Lipinski definition) is 0. The molecule has 25 heavy (non-hydrogen) atoms. The number of halogens is 1. The van der Waals surface area contributed by atoms with Crippen LogP contribution < -0.4 is 14.8 Å². The number of fused-ring (bicyclic) bond motifs is 1. The van der Waals surface area contributed by atoms with Gasteiger partial charge < -0.3 is 4.74 Å². The van der Waals surface area contributed by atoms with Gasteiger partial charge in [-0.15, -0.1) is 5.10 Å². The lowest BCUT2D eigenvalue weighted by Crippen LogP contribution is -2.23. The van der Waals surface area contributed by atoms with Crippen molar-refractivity contribution in [2.45, 2.75) is 0 Å². The molecule has 0 aliphatic carbocycles. The molecule has 0 spiro atoms. The van der Waals surface area contributed by atoms with Crippen LogP contribution >= 0.6 is 11.3 Å². The highest BCUT2D eigenvalue weighted by molar-refractivity contribution is 7.15. The van der Waals surface area contributed by atoms with E-state index in [1.54, 1.807) is 31.4 Å². The summed E-state index contributed by atoms with van der Waals surface area (Å²) in [5.74, 6) is 0.667. The largest absolute Gasteiger partial charge is 0.496 e. The third-order valence-electron chi connectivity index (χ3n) is 3.72. The molecule has 0 saturated carbocycles. The summed E-state index contributed by atoms with van der Waals surface area (Å²) in [4.78, 5) is 17.4. The molecule has 0 atom stereocenters. The number of benzene rings is 2. The van der Waals surface area contributed by atoms with Gasteiger partial charge in [-0.25, -0.2) is 4.39 Å². The van der Waals surface area contributed by atoms with Crippen molar-refractivity contribution in [2.24, 2.45) is 0 Å². The van der Waals surface area contributed by atoms with Crippen LogP contribution in [0.5, 0.6) is 5.75 Å². The highest BCUT2D eigenvalue weighted by Gasteiger charge is 2.15. The Kier molecular flexibility index (Phi) is 3.77. The molecule has 5 nitrogen and oxygen atoms in total. The molecule has 0 unspecified atom stereocenters. The van der Waals surface area contributed by atoms with Crippen LogP contribution in [-0.4, -0.2) is 21.7 Å². The minimum Gasteiger partial charge on any atom is -0.496 e. The molecule has 2 aromatic heterocycles. The summed E-state index contributed by atoms with van der Waals surface area (Å²) < 4.78 is 20.7. The number of thiazole rings is 1. The smallest absolute Gasteiger partial charge is 0.291 e. The van der Waals surface area contributed by atoms with E-state index in [0.29, 0.717) is 32.2 Å². The summed E-state index contributed by atoms with van der Waals surface area (Å²) in [5, 5.41) is 4.29. The number of hydrogen-bond acceptors (Lipinski definition) is 5. The van der Waals surface area contributed by atoms with Crippen LogP contribution in [0.3, 0.4) is 0 Å². The summed E-state index contributed by atoms with van der Waals surface area (Å²) in [7, 11) is 1.57. The highest BCUT2D eigenvalue weighted by atomic mass is 32.1. The lowest BCUT2D eigenvalue weighted by molar-refractivity contribution is 0.416. The van der Waals surface area contributed by atoms with E-state index in [1.165, 1.54) is 28.0 Å². The third kappa shape index (κ3) is 2.68. The summed E-state index contributed by atoms with van der Waals surface area (Å²) in [6, 6.07) is 13.6. The fourth-order valence-electron chi connectivity index (χ4n) is 2.51. The van der Waals surface area contributed by atoms with E-state index >= 15 is 0 Å². The molecule has 0 radical (unpaired) electrons. The number of ether oxygens (including phenoxy) is 1. The number of para-hydroxylation sites is 1. The lowest BCUT2D eigenvalue weighted by atomic mass is 10.2. The monoisotopic (exact) mass is 353 g/mol. The Hall–Kier alpha value is -3.06. The first-order chi connectivity index (χ1) is 12.2. The number of rotatable bonds is 3. The Morgan fingerprint density at radius 3 is 2.68 bits per heavy atom. The van der Waals surface area contributed by atoms with Gasteiger partial charge in [0, 0.05) is 5.56 Å². The maximum absolute atomic E-state index is 13.8. The molecule has 2 heterocycles. The van der Waals surface area contributed by atoms with Gasteiger partial charge in [-0.2, -0.15) is 9.50 Å². The molecule has 4 aromatic rings. The number of nitrogens with zero attached hydrogens (tertiary/aromatic N) is 3. The average Bonchev–Trinajstić information content (AvgIpc) is 3.17. The first-order valence-corrected chi connectivity index (χ1v) is 8.28. The Morgan fingerprint density at radius 1 is 1.16 bits per heavy atom. The van der Waals surface area contributed by atoms with Crippen LogP contribution in [0.1, 0.15) is 5.56 Å². The number of methoxy groups -OCH3 is 1. The van der Waals surface area contributed by atoms with Gasteiger partial charge in [0.05, 0.1) is 17.2 Å². The highest BCUT2D eigenvalue weighted by Crippen LogP contribution is 2.27. The standard InChI is InChI=1S/C18H12FN3O2S/c1-24-14-9-5-3-7-12(14)16-20-18-22(21-16)17(23)15(25-18)10-11-6-2-4-8-13(11)19/h2-10H,1H3/b15-10+. The summed E-state index contributed by atoms with van der Waals surface area (Å²) in [6.45, 7) is 0. The maximum atomic E-state index is 13.8. The second-order valence-electron chi connectivity index (χ2n) is 5.27. The molecule has 124 valence electrons. The summed E-state index contributed by atoms with van der Waals surface area (Å²) in [5.41, 5.74) is 0.742. The molecule has 0 aliphatic heterocycles. The first kappa shape index (κ1) is 15.5. The summed E-state index contributed by atoms with van der Waals surface area (Å²) >= 11 is 1.17. The topological polar surface area (TPSA) is 56.5 Å². The van der Waals surface area contributed by atoms with E-state index in [0.717, 1.165) is 0 Å².